The number of piperazine rings is 1. The Balaban J connectivity index is 1.90. The van der Waals surface area contributed by atoms with Gasteiger partial charge in [0.15, 0.2) is 0 Å². The molecule has 4 heteroatoms. The number of halogens is 1. The van der Waals surface area contributed by atoms with Crippen molar-refractivity contribution in [3.8, 4) is 5.75 Å². The highest BCUT2D eigenvalue weighted by atomic mass is 35.5. The average Bonchev–Trinajstić information content (AvgIpc) is 2.54. The van der Waals surface area contributed by atoms with Gasteiger partial charge in [-0.05, 0) is 31.5 Å². The Morgan fingerprint density at radius 2 is 1.86 bits per heavy atom. The third-order valence-electron chi connectivity index (χ3n) is 3.94. The first-order valence-electron chi connectivity index (χ1n) is 8.10. The minimum absolute atomic E-state index is 0.758. The van der Waals surface area contributed by atoms with Crippen LogP contribution in [-0.2, 0) is 0 Å². The molecule has 3 nitrogen and oxygen atoms in total. The fraction of sp³-hybridized carbons (Fsp3) is 0.647. The van der Waals surface area contributed by atoms with E-state index >= 15 is 0 Å². The van der Waals surface area contributed by atoms with Crippen LogP contribution < -0.4 is 9.64 Å². The third kappa shape index (κ3) is 5.08. The first-order valence-corrected chi connectivity index (χ1v) is 8.63. The van der Waals surface area contributed by atoms with Crippen LogP contribution in [0.5, 0.6) is 5.75 Å². The van der Waals surface area contributed by atoms with E-state index in [0.717, 1.165) is 63.8 Å². The molecule has 0 bridgehead atoms. The normalized spacial score (nSPS) is 16.2. The summed E-state index contributed by atoms with van der Waals surface area (Å²) in [7, 11) is 0. The Morgan fingerprint density at radius 1 is 1.10 bits per heavy atom. The lowest BCUT2D eigenvalue weighted by atomic mass is 10.2. The number of nitrogens with zero attached hydrogens (tertiary/aromatic N) is 2. The minimum Gasteiger partial charge on any atom is -0.491 e. The van der Waals surface area contributed by atoms with E-state index in [9.17, 15) is 0 Å². The summed E-state index contributed by atoms with van der Waals surface area (Å²) in [4.78, 5) is 4.94. The lowest BCUT2D eigenvalue weighted by Gasteiger charge is -2.36. The van der Waals surface area contributed by atoms with Crippen LogP contribution in [0.3, 0.4) is 0 Å². The van der Waals surface area contributed by atoms with E-state index in [2.05, 4.69) is 41.0 Å². The van der Waals surface area contributed by atoms with Gasteiger partial charge in [-0.1, -0.05) is 25.5 Å². The predicted octanol–water partition coefficient (Wildman–Crippen LogP) is 3.62. The highest BCUT2D eigenvalue weighted by Gasteiger charge is 2.19. The highest BCUT2D eigenvalue weighted by Crippen LogP contribution is 2.29. The van der Waals surface area contributed by atoms with Gasteiger partial charge in [0.05, 0.1) is 12.3 Å². The zero-order valence-corrected chi connectivity index (χ0v) is 13.8. The number of unbranched alkanes of at least 4 members (excludes halogenated alkanes) is 1. The molecule has 1 aliphatic rings. The Hall–Kier alpha value is -0.930. The molecule has 0 spiro atoms. The largest absolute Gasteiger partial charge is 0.491 e. The molecule has 0 saturated carbocycles. The molecule has 118 valence electrons. The van der Waals surface area contributed by atoms with E-state index < -0.39 is 0 Å². The third-order valence-corrected chi connectivity index (χ3v) is 4.21. The van der Waals surface area contributed by atoms with Crippen LogP contribution in [0, 0.1) is 0 Å². The quantitative estimate of drug-likeness (QED) is 0.539. The van der Waals surface area contributed by atoms with Crippen molar-refractivity contribution in [2.24, 2.45) is 0 Å². The Bertz CT molecular complexity index is 406. The van der Waals surface area contributed by atoms with Gasteiger partial charge in [-0.25, -0.2) is 0 Å². The number of benzene rings is 1. The van der Waals surface area contributed by atoms with E-state index in [4.69, 9.17) is 16.3 Å². The molecule has 1 aromatic carbocycles. The number of hydrogen-bond acceptors (Lipinski definition) is 3. The first-order chi connectivity index (χ1) is 10.3. The van der Waals surface area contributed by atoms with Crippen LogP contribution in [-0.4, -0.2) is 50.1 Å². The van der Waals surface area contributed by atoms with E-state index in [-0.39, 0.29) is 0 Å². The lowest BCUT2D eigenvalue weighted by Crippen LogP contribution is -2.46. The highest BCUT2D eigenvalue weighted by molar-refractivity contribution is 6.17. The van der Waals surface area contributed by atoms with Crippen molar-refractivity contribution in [1.29, 1.82) is 0 Å². The molecule has 1 fully saturated rings. The maximum atomic E-state index is 5.95. The van der Waals surface area contributed by atoms with Gasteiger partial charge in [-0.15, -0.1) is 11.6 Å². The minimum atomic E-state index is 0.758. The Labute approximate surface area is 133 Å². The molecule has 0 amide bonds. The van der Waals surface area contributed by atoms with Crippen LogP contribution in [0.4, 0.5) is 5.69 Å². The molecule has 0 aliphatic carbocycles. The molecule has 21 heavy (non-hydrogen) atoms. The van der Waals surface area contributed by atoms with Gasteiger partial charge < -0.3 is 9.64 Å². The first kappa shape index (κ1) is 16.4. The fourth-order valence-electron chi connectivity index (χ4n) is 2.66. The van der Waals surface area contributed by atoms with E-state index in [1.54, 1.807) is 0 Å². The van der Waals surface area contributed by atoms with Gasteiger partial charge in [0, 0.05) is 32.1 Å². The van der Waals surface area contributed by atoms with Crippen molar-refractivity contribution in [2.75, 3.05) is 50.1 Å². The molecule has 1 saturated heterocycles. The van der Waals surface area contributed by atoms with Crippen molar-refractivity contribution in [1.82, 2.24) is 4.90 Å². The standard InChI is InChI=1S/C17H27ClN2O/c1-2-3-15-21-17-8-5-4-7-16(17)20-13-11-19(12-14-20)10-6-9-18/h4-5,7-8H,2-3,6,9-15H2,1H3. The number of para-hydroxylation sites is 2. The number of alkyl halides is 1. The summed E-state index contributed by atoms with van der Waals surface area (Å²) in [5, 5.41) is 0. The maximum Gasteiger partial charge on any atom is 0.142 e. The molecule has 0 aromatic heterocycles. The second-order valence-electron chi connectivity index (χ2n) is 5.54. The predicted molar refractivity (Wildman–Crippen MR) is 90.8 cm³/mol. The summed E-state index contributed by atoms with van der Waals surface area (Å²) in [6.45, 7) is 8.47. The Morgan fingerprint density at radius 3 is 2.57 bits per heavy atom. The molecule has 1 aromatic rings. The number of ether oxygens (including phenoxy) is 1. The summed E-state index contributed by atoms with van der Waals surface area (Å²) in [6.07, 6.45) is 3.36. The van der Waals surface area contributed by atoms with Gasteiger partial charge in [-0.2, -0.15) is 0 Å². The molecule has 0 N–H and O–H groups in total. The van der Waals surface area contributed by atoms with Gasteiger partial charge >= 0.3 is 0 Å². The zero-order valence-electron chi connectivity index (χ0n) is 13.1. The number of anilines is 1. The van der Waals surface area contributed by atoms with Gasteiger partial charge in [0.2, 0.25) is 0 Å². The lowest BCUT2D eigenvalue weighted by molar-refractivity contribution is 0.257. The van der Waals surface area contributed by atoms with Crippen LogP contribution >= 0.6 is 11.6 Å². The summed E-state index contributed by atoms with van der Waals surface area (Å²) in [6, 6.07) is 8.42. The van der Waals surface area contributed by atoms with E-state index in [1.165, 1.54) is 12.1 Å². The number of hydrogen-bond donors (Lipinski definition) is 0. The summed E-state index contributed by atoms with van der Waals surface area (Å²) >= 11 is 5.77. The summed E-state index contributed by atoms with van der Waals surface area (Å²) in [5.41, 5.74) is 1.24. The SMILES string of the molecule is CCCCOc1ccccc1N1CCN(CCCCl)CC1. The van der Waals surface area contributed by atoms with Gasteiger partial charge in [-0.3, -0.25) is 4.90 Å². The van der Waals surface area contributed by atoms with Crippen LogP contribution in [0.25, 0.3) is 0 Å². The summed E-state index contributed by atoms with van der Waals surface area (Å²) < 4.78 is 5.95. The molecular weight excluding hydrogens is 284 g/mol. The van der Waals surface area contributed by atoms with Crippen molar-refractivity contribution >= 4 is 17.3 Å². The van der Waals surface area contributed by atoms with Crippen molar-refractivity contribution in [3.05, 3.63) is 24.3 Å². The second kappa shape index (κ2) is 9.16. The maximum absolute atomic E-state index is 5.95. The molecule has 1 heterocycles. The smallest absolute Gasteiger partial charge is 0.142 e. The average molecular weight is 311 g/mol. The zero-order chi connectivity index (χ0) is 14.9. The van der Waals surface area contributed by atoms with Crippen molar-refractivity contribution in [2.45, 2.75) is 26.2 Å². The van der Waals surface area contributed by atoms with Crippen LogP contribution in [0.2, 0.25) is 0 Å². The topological polar surface area (TPSA) is 15.7 Å². The van der Waals surface area contributed by atoms with Gasteiger partial charge in [0.1, 0.15) is 5.75 Å². The van der Waals surface area contributed by atoms with Crippen molar-refractivity contribution < 1.29 is 4.74 Å². The molecule has 0 radical (unpaired) electrons. The van der Waals surface area contributed by atoms with Crippen LogP contribution in [0.1, 0.15) is 26.2 Å². The Kier molecular flexibility index (Phi) is 7.17. The number of rotatable bonds is 8. The van der Waals surface area contributed by atoms with E-state index in [0.29, 0.717) is 0 Å². The second-order valence-corrected chi connectivity index (χ2v) is 5.92. The van der Waals surface area contributed by atoms with Crippen molar-refractivity contribution in [3.63, 3.8) is 0 Å². The van der Waals surface area contributed by atoms with Crippen LogP contribution in [0.15, 0.2) is 24.3 Å². The molecule has 1 aliphatic heterocycles. The van der Waals surface area contributed by atoms with E-state index in [1.807, 2.05) is 0 Å². The van der Waals surface area contributed by atoms with Gasteiger partial charge in [0.25, 0.3) is 0 Å². The molecule has 0 atom stereocenters. The molecular formula is C17H27ClN2O. The molecule has 2 rings (SSSR count). The monoisotopic (exact) mass is 310 g/mol. The molecule has 0 unspecified atom stereocenters. The fourth-order valence-corrected chi connectivity index (χ4v) is 2.78. The summed E-state index contributed by atoms with van der Waals surface area (Å²) in [5.74, 6) is 1.79.